The maximum Gasteiger partial charge on any atom is 0.153 e. The van der Waals surface area contributed by atoms with E-state index in [1.54, 1.807) is 12.4 Å². The number of aromatic nitrogens is 2. The second-order valence-corrected chi connectivity index (χ2v) is 4.53. The highest BCUT2D eigenvalue weighted by molar-refractivity contribution is 5.77. The Kier molecular flexibility index (Phi) is 3.33. The Morgan fingerprint density at radius 3 is 2.30 bits per heavy atom. The number of rotatable bonds is 3. The van der Waals surface area contributed by atoms with Crippen LogP contribution in [-0.2, 0) is 0 Å². The van der Waals surface area contributed by atoms with Gasteiger partial charge < -0.3 is 10.7 Å². The highest BCUT2D eigenvalue weighted by atomic mass is 14.9. The Morgan fingerprint density at radius 2 is 1.65 bits per heavy atom. The van der Waals surface area contributed by atoms with Crippen LogP contribution in [0.5, 0.6) is 0 Å². The predicted molar refractivity (Wildman–Crippen MR) is 82.5 cm³/mol. The van der Waals surface area contributed by atoms with E-state index in [9.17, 15) is 0 Å². The molecule has 3 aromatic rings. The molecule has 98 valence electrons. The highest BCUT2D eigenvalue weighted by Crippen LogP contribution is 2.20. The minimum Gasteiger partial charge on any atom is -0.396 e. The van der Waals surface area contributed by atoms with Crippen LogP contribution in [0.1, 0.15) is 11.4 Å². The lowest BCUT2D eigenvalue weighted by atomic mass is 10.0. The number of imidazole rings is 1. The van der Waals surface area contributed by atoms with Gasteiger partial charge in [-0.1, -0.05) is 54.6 Å². The third-order valence-electron chi connectivity index (χ3n) is 3.11. The normalized spacial score (nSPS) is 11.5. The van der Waals surface area contributed by atoms with Crippen LogP contribution < -0.4 is 5.73 Å². The van der Waals surface area contributed by atoms with E-state index >= 15 is 0 Å². The Labute approximate surface area is 117 Å². The van der Waals surface area contributed by atoms with Crippen molar-refractivity contribution < 1.29 is 0 Å². The van der Waals surface area contributed by atoms with Crippen molar-refractivity contribution in [3.8, 4) is 11.1 Å². The van der Waals surface area contributed by atoms with Crippen molar-refractivity contribution in [2.75, 3.05) is 0 Å². The Morgan fingerprint density at radius 1 is 0.950 bits per heavy atom. The molecule has 0 aliphatic heterocycles. The van der Waals surface area contributed by atoms with E-state index in [1.807, 2.05) is 24.3 Å². The highest BCUT2D eigenvalue weighted by Gasteiger charge is 2.00. The van der Waals surface area contributed by atoms with Crippen molar-refractivity contribution in [2.24, 2.45) is 5.73 Å². The lowest BCUT2D eigenvalue weighted by molar-refractivity contribution is 1.22. The second-order valence-electron chi connectivity index (χ2n) is 4.53. The molecule has 3 nitrogen and oxygen atoms in total. The van der Waals surface area contributed by atoms with Gasteiger partial charge in [0.05, 0.1) is 5.70 Å². The van der Waals surface area contributed by atoms with Crippen molar-refractivity contribution in [3.63, 3.8) is 0 Å². The average molecular weight is 261 g/mol. The standard InChI is InChI=1S/C17H15N3/c18-16(17-19-10-11-20-17)12-13-6-8-15(9-7-13)14-4-2-1-3-5-14/h1-12H,18H2,(H,19,20). The molecule has 2 aromatic carbocycles. The van der Waals surface area contributed by atoms with E-state index in [1.165, 1.54) is 11.1 Å². The van der Waals surface area contributed by atoms with Gasteiger partial charge in [-0.15, -0.1) is 0 Å². The SMILES string of the molecule is NC(=Cc1ccc(-c2ccccc2)cc1)c1ncc[nH]1. The Hall–Kier alpha value is -2.81. The fourth-order valence-electron chi connectivity index (χ4n) is 2.07. The first-order chi connectivity index (χ1) is 9.83. The molecule has 3 rings (SSSR count). The monoisotopic (exact) mass is 261 g/mol. The first kappa shape index (κ1) is 12.2. The average Bonchev–Trinajstić information content (AvgIpc) is 3.03. The Balaban J connectivity index is 1.85. The summed E-state index contributed by atoms with van der Waals surface area (Å²) in [6, 6.07) is 18.6. The molecule has 0 atom stereocenters. The third kappa shape index (κ3) is 2.62. The first-order valence-corrected chi connectivity index (χ1v) is 6.45. The van der Waals surface area contributed by atoms with Crippen LogP contribution in [0.4, 0.5) is 0 Å². The summed E-state index contributed by atoms with van der Waals surface area (Å²) in [6.45, 7) is 0. The second kappa shape index (κ2) is 5.45. The van der Waals surface area contributed by atoms with Gasteiger partial charge in [-0.3, -0.25) is 0 Å². The molecule has 3 N–H and O–H groups in total. The zero-order valence-electron chi connectivity index (χ0n) is 11.0. The van der Waals surface area contributed by atoms with E-state index in [4.69, 9.17) is 5.73 Å². The van der Waals surface area contributed by atoms with Crippen molar-refractivity contribution in [1.29, 1.82) is 0 Å². The number of hydrogen-bond donors (Lipinski definition) is 2. The van der Waals surface area contributed by atoms with Crippen LogP contribution in [0.2, 0.25) is 0 Å². The molecule has 3 heteroatoms. The van der Waals surface area contributed by atoms with Crippen LogP contribution in [-0.4, -0.2) is 9.97 Å². The summed E-state index contributed by atoms with van der Waals surface area (Å²) in [4.78, 5) is 7.12. The summed E-state index contributed by atoms with van der Waals surface area (Å²) in [6.07, 6.45) is 5.36. The molecule has 1 aromatic heterocycles. The maximum absolute atomic E-state index is 5.99. The molecule has 0 spiro atoms. The summed E-state index contributed by atoms with van der Waals surface area (Å²) in [5.74, 6) is 0.692. The summed E-state index contributed by atoms with van der Waals surface area (Å²) >= 11 is 0. The minimum atomic E-state index is 0.627. The van der Waals surface area contributed by atoms with Crippen LogP contribution in [0.3, 0.4) is 0 Å². The summed E-state index contributed by atoms with van der Waals surface area (Å²) < 4.78 is 0. The number of benzene rings is 2. The van der Waals surface area contributed by atoms with Crippen molar-refractivity contribution >= 4 is 11.8 Å². The van der Waals surface area contributed by atoms with Gasteiger partial charge in [0.25, 0.3) is 0 Å². The topological polar surface area (TPSA) is 54.7 Å². The van der Waals surface area contributed by atoms with E-state index < -0.39 is 0 Å². The van der Waals surface area contributed by atoms with Crippen LogP contribution in [0.25, 0.3) is 22.9 Å². The molecule has 0 radical (unpaired) electrons. The lowest BCUT2D eigenvalue weighted by Crippen LogP contribution is -1.97. The van der Waals surface area contributed by atoms with Crippen LogP contribution in [0, 0.1) is 0 Å². The molecule has 0 aliphatic carbocycles. The zero-order valence-corrected chi connectivity index (χ0v) is 11.0. The van der Waals surface area contributed by atoms with E-state index in [2.05, 4.69) is 46.4 Å². The molecule has 0 unspecified atom stereocenters. The van der Waals surface area contributed by atoms with Crippen LogP contribution in [0.15, 0.2) is 67.0 Å². The van der Waals surface area contributed by atoms with Crippen LogP contribution >= 0.6 is 0 Å². The molecule has 0 amide bonds. The number of aromatic amines is 1. The van der Waals surface area contributed by atoms with Gasteiger partial charge in [0.1, 0.15) is 0 Å². The number of nitrogens with zero attached hydrogens (tertiary/aromatic N) is 1. The summed E-state index contributed by atoms with van der Waals surface area (Å²) in [5, 5.41) is 0. The smallest absolute Gasteiger partial charge is 0.153 e. The van der Waals surface area contributed by atoms with E-state index in [-0.39, 0.29) is 0 Å². The van der Waals surface area contributed by atoms with Crippen molar-refractivity contribution in [2.45, 2.75) is 0 Å². The van der Waals surface area contributed by atoms with Gasteiger partial charge in [0, 0.05) is 12.4 Å². The first-order valence-electron chi connectivity index (χ1n) is 6.45. The number of hydrogen-bond acceptors (Lipinski definition) is 2. The predicted octanol–water partition coefficient (Wildman–Crippen LogP) is 3.53. The van der Waals surface area contributed by atoms with Gasteiger partial charge in [0.2, 0.25) is 0 Å². The fourth-order valence-corrected chi connectivity index (χ4v) is 2.07. The van der Waals surface area contributed by atoms with E-state index in [0.29, 0.717) is 11.5 Å². The summed E-state index contributed by atoms with van der Waals surface area (Å²) in [7, 11) is 0. The molecule has 0 aliphatic rings. The molecular weight excluding hydrogens is 246 g/mol. The molecular formula is C17H15N3. The largest absolute Gasteiger partial charge is 0.396 e. The number of H-pyrrole nitrogens is 1. The van der Waals surface area contributed by atoms with E-state index in [0.717, 1.165) is 5.56 Å². The van der Waals surface area contributed by atoms with Gasteiger partial charge in [-0.05, 0) is 22.8 Å². The fraction of sp³-hybridized carbons (Fsp3) is 0. The quantitative estimate of drug-likeness (QED) is 0.757. The molecule has 0 bridgehead atoms. The van der Waals surface area contributed by atoms with Gasteiger partial charge in [-0.25, -0.2) is 4.98 Å². The zero-order chi connectivity index (χ0) is 13.8. The van der Waals surface area contributed by atoms with Gasteiger partial charge in [0.15, 0.2) is 5.82 Å². The third-order valence-corrected chi connectivity index (χ3v) is 3.11. The van der Waals surface area contributed by atoms with Crippen molar-refractivity contribution in [3.05, 3.63) is 78.4 Å². The summed E-state index contributed by atoms with van der Waals surface area (Å²) in [5.41, 5.74) is 10.1. The molecule has 0 saturated heterocycles. The van der Waals surface area contributed by atoms with Crippen molar-refractivity contribution in [1.82, 2.24) is 9.97 Å². The molecule has 1 heterocycles. The minimum absolute atomic E-state index is 0.627. The van der Waals surface area contributed by atoms with Gasteiger partial charge >= 0.3 is 0 Å². The number of nitrogens with one attached hydrogen (secondary N) is 1. The number of nitrogens with two attached hydrogens (primary N) is 1. The molecule has 0 fully saturated rings. The molecule has 20 heavy (non-hydrogen) atoms. The van der Waals surface area contributed by atoms with Gasteiger partial charge in [-0.2, -0.15) is 0 Å². The lowest BCUT2D eigenvalue weighted by Gasteiger charge is -2.02. The molecule has 0 saturated carbocycles. The Bertz CT molecular complexity index is 696. The maximum atomic E-state index is 5.99.